The lowest BCUT2D eigenvalue weighted by molar-refractivity contribution is 0.645. The predicted molar refractivity (Wildman–Crippen MR) is 64.4 cm³/mol. The van der Waals surface area contributed by atoms with Crippen LogP contribution >= 0.6 is 0 Å². The smallest absolute Gasteiger partial charge is 0.0382 e. The largest absolute Gasteiger partial charge is 0.0979 e. The Hall–Kier alpha value is -1.48. The van der Waals surface area contributed by atoms with Crippen LogP contribution < -0.4 is 0 Å². The minimum Gasteiger partial charge on any atom is -0.0979 e. The molecular weight excluding hydrogens is 180 g/mol. The highest BCUT2D eigenvalue weighted by atomic mass is 14.1. The molecule has 0 spiro atoms. The molecular formula is C15H16. The molecule has 76 valence electrons. The van der Waals surface area contributed by atoms with Crippen LogP contribution in [-0.4, -0.2) is 0 Å². The summed E-state index contributed by atoms with van der Waals surface area (Å²) in [6, 6.07) is 10.4. The SMILES string of the molecule is C(#C[C@H]1C=CCCC1)Cc1ccccc1. The monoisotopic (exact) mass is 196 g/mol. The van der Waals surface area contributed by atoms with E-state index in [9.17, 15) is 0 Å². The van der Waals surface area contributed by atoms with Crippen molar-refractivity contribution in [3.8, 4) is 11.8 Å². The average molecular weight is 196 g/mol. The molecule has 0 heterocycles. The van der Waals surface area contributed by atoms with Crippen molar-refractivity contribution in [3.63, 3.8) is 0 Å². The van der Waals surface area contributed by atoms with E-state index in [1.54, 1.807) is 0 Å². The van der Waals surface area contributed by atoms with Crippen molar-refractivity contribution in [2.24, 2.45) is 5.92 Å². The quantitative estimate of drug-likeness (QED) is 0.475. The maximum absolute atomic E-state index is 3.33. The van der Waals surface area contributed by atoms with E-state index in [4.69, 9.17) is 0 Å². The molecule has 0 fully saturated rings. The highest BCUT2D eigenvalue weighted by molar-refractivity contribution is 5.22. The summed E-state index contributed by atoms with van der Waals surface area (Å²) >= 11 is 0. The molecule has 1 aliphatic rings. The molecule has 0 radical (unpaired) electrons. The van der Waals surface area contributed by atoms with E-state index in [2.05, 4.69) is 48.3 Å². The van der Waals surface area contributed by atoms with Gasteiger partial charge in [0.05, 0.1) is 0 Å². The maximum Gasteiger partial charge on any atom is 0.0382 e. The third kappa shape index (κ3) is 3.29. The molecule has 0 amide bonds. The summed E-state index contributed by atoms with van der Waals surface area (Å²) in [6.45, 7) is 0. The first-order chi connectivity index (χ1) is 7.45. The predicted octanol–water partition coefficient (Wildman–Crippen LogP) is 3.59. The van der Waals surface area contributed by atoms with Gasteiger partial charge in [-0.05, 0) is 24.8 Å². The van der Waals surface area contributed by atoms with E-state index < -0.39 is 0 Å². The lowest BCUT2D eigenvalue weighted by atomic mass is 9.96. The zero-order valence-electron chi connectivity index (χ0n) is 8.95. The van der Waals surface area contributed by atoms with Crippen LogP contribution in [0.3, 0.4) is 0 Å². The molecule has 0 saturated heterocycles. The summed E-state index contributed by atoms with van der Waals surface area (Å²) in [5.74, 6) is 7.11. The first kappa shape index (κ1) is 10.1. The van der Waals surface area contributed by atoms with Crippen LogP contribution in [0.25, 0.3) is 0 Å². The van der Waals surface area contributed by atoms with Gasteiger partial charge in [-0.3, -0.25) is 0 Å². The van der Waals surface area contributed by atoms with Gasteiger partial charge in [-0.2, -0.15) is 0 Å². The third-order valence-corrected chi connectivity index (χ3v) is 2.68. The van der Waals surface area contributed by atoms with Gasteiger partial charge in [-0.1, -0.05) is 54.3 Å². The van der Waals surface area contributed by atoms with Crippen molar-refractivity contribution in [2.75, 3.05) is 0 Å². The summed E-state index contributed by atoms with van der Waals surface area (Å²) in [7, 11) is 0. The van der Waals surface area contributed by atoms with E-state index in [1.807, 2.05) is 6.07 Å². The van der Waals surface area contributed by atoms with Gasteiger partial charge in [-0.25, -0.2) is 0 Å². The van der Waals surface area contributed by atoms with Gasteiger partial charge in [-0.15, -0.1) is 0 Å². The molecule has 0 nitrogen and oxygen atoms in total. The van der Waals surface area contributed by atoms with Crippen LogP contribution in [0.1, 0.15) is 24.8 Å². The van der Waals surface area contributed by atoms with E-state index >= 15 is 0 Å². The fraction of sp³-hybridized carbons (Fsp3) is 0.333. The second-order valence-corrected chi connectivity index (χ2v) is 3.95. The van der Waals surface area contributed by atoms with Gasteiger partial charge in [0.25, 0.3) is 0 Å². The fourth-order valence-corrected chi connectivity index (χ4v) is 1.81. The average Bonchev–Trinajstić information content (AvgIpc) is 2.32. The molecule has 0 aliphatic heterocycles. The van der Waals surface area contributed by atoms with E-state index in [0.717, 1.165) is 6.42 Å². The van der Waals surface area contributed by atoms with Crippen LogP contribution in [-0.2, 0) is 6.42 Å². The first-order valence-electron chi connectivity index (χ1n) is 5.64. The van der Waals surface area contributed by atoms with E-state index in [-0.39, 0.29) is 0 Å². The zero-order chi connectivity index (χ0) is 10.3. The minimum absolute atomic E-state index is 0.502. The van der Waals surface area contributed by atoms with Crippen LogP contribution in [0, 0.1) is 17.8 Å². The number of hydrogen-bond acceptors (Lipinski definition) is 0. The Labute approximate surface area is 92.0 Å². The second-order valence-electron chi connectivity index (χ2n) is 3.95. The van der Waals surface area contributed by atoms with E-state index in [0.29, 0.717) is 5.92 Å². The van der Waals surface area contributed by atoms with Crippen LogP contribution in [0.4, 0.5) is 0 Å². The summed E-state index contributed by atoms with van der Waals surface area (Å²) < 4.78 is 0. The Morgan fingerprint density at radius 2 is 2.07 bits per heavy atom. The molecule has 0 N–H and O–H groups in total. The second kappa shape index (κ2) is 5.41. The minimum atomic E-state index is 0.502. The standard InChI is InChI=1S/C15H16/c1-3-8-14(9-4-1)12-7-13-15-10-5-2-6-11-15/h1,3-5,8-10,15H,2,6,11-12H2/t15-/m0/s1. The van der Waals surface area contributed by atoms with Gasteiger partial charge < -0.3 is 0 Å². The molecule has 0 aromatic heterocycles. The van der Waals surface area contributed by atoms with E-state index in [1.165, 1.54) is 24.8 Å². The van der Waals surface area contributed by atoms with Crippen molar-refractivity contribution < 1.29 is 0 Å². The Bertz CT molecular complexity index is 375. The molecule has 1 atom stereocenters. The molecule has 1 aliphatic carbocycles. The Balaban J connectivity index is 1.90. The van der Waals surface area contributed by atoms with Gasteiger partial charge in [0, 0.05) is 12.3 Å². The van der Waals surface area contributed by atoms with Gasteiger partial charge >= 0.3 is 0 Å². The van der Waals surface area contributed by atoms with Gasteiger partial charge in [0.15, 0.2) is 0 Å². The maximum atomic E-state index is 3.33. The van der Waals surface area contributed by atoms with Crippen molar-refractivity contribution in [2.45, 2.75) is 25.7 Å². The van der Waals surface area contributed by atoms with Gasteiger partial charge in [0.2, 0.25) is 0 Å². The number of rotatable bonds is 1. The number of allylic oxidation sites excluding steroid dienone is 2. The van der Waals surface area contributed by atoms with Crippen molar-refractivity contribution in [3.05, 3.63) is 48.0 Å². The Morgan fingerprint density at radius 3 is 2.80 bits per heavy atom. The number of benzene rings is 1. The number of hydrogen-bond donors (Lipinski definition) is 0. The summed E-state index contributed by atoms with van der Waals surface area (Å²) in [6.07, 6.45) is 9.15. The molecule has 0 unspecified atom stereocenters. The Morgan fingerprint density at radius 1 is 1.20 bits per heavy atom. The molecule has 2 rings (SSSR count). The molecule has 0 heteroatoms. The fourth-order valence-electron chi connectivity index (χ4n) is 1.81. The lowest BCUT2D eigenvalue weighted by Crippen LogP contribution is -1.97. The van der Waals surface area contributed by atoms with Crippen molar-refractivity contribution in [1.82, 2.24) is 0 Å². The molecule has 1 aromatic rings. The van der Waals surface area contributed by atoms with Crippen LogP contribution in [0.5, 0.6) is 0 Å². The highest BCUT2D eigenvalue weighted by Crippen LogP contribution is 2.15. The van der Waals surface area contributed by atoms with Crippen molar-refractivity contribution >= 4 is 0 Å². The summed E-state index contributed by atoms with van der Waals surface area (Å²) in [5.41, 5.74) is 1.31. The van der Waals surface area contributed by atoms with Crippen LogP contribution in [0.2, 0.25) is 0 Å². The molecule has 1 aromatic carbocycles. The van der Waals surface area contributed by atoms with Crippen LogP contribution in [0.15, 0.2) is 42.5 Å². The topological polar surface area (TPSA) is 0 Å². The normalized spacial score (nSPS) is 19.3. The van der Waals surface area contributed by atoms with Crippen molar-refractivity contribution in [1.29, 1.82) is 0 Å². The first-order valence-corrected chi connectivity index (χ1v) is 5.64. The summed E-state index contributed by atoms with van der Waals surface area (Å²) in [4.78, 5) is 0. The van der Waals surface area contributed by atoms with Gasteiger partial charge in [0.1, 0.15) is 0 Å². The molecule has 0 saturated carbocycles. The Kier molecular flexibility index (Phi) is 3.63. The third-order valence-electron chi connectivity index (χ3n) is 2.68. The zero-order valence-corrected chi connectivity index (χ0v) is 8.95. The molecule has 0 bridgehead atoms. The lowest BCUT2D eigenvalue weighted by Gasteiger charge is -2.08. The molecule has 15 heavy (non-hydrogen) atoms. The highest BCUT2D eigenvalue weighted by Gasteiger charge is 2.03. The summed E-state index contributed by atoms with van der Waals surface area (Å²) in [5, 5.41) is 0.